The summed E-state index contributed by atoms with van der Waals surface area (Å²) in [4.78, 5) is 24.5. The number of amides is 1. The molecule has 0 saturated heterocycles. The van der Waals surface area contributed by atoms with E-state index in [0.29, 0.717) is 5.56 Å². The van der Waals surface area contributed by atoms with Gasteiger partial charge >= 0.3 is 5.97 Å². The molecule has 3 rings (SSSR count). The fourth-order valence-electron chi connectivity index (χ4n) is 2.78. The third-order valence-corrected chi connectivity index (χ3v) is 4.33. The van der Waals surface area contributed by atoms with Crippen LogP contribution in [0.4, 0.5) is 5.69 Å². The topological polar surface area (TPSA) is 60.3 Å². The fourth-order valence-corrected chi connectivity index (χ4v) is 2.78. The highest BCUT2D eigenvalue weighted by Gasteiger charge is 2.13. The lowest BCUT2D eigenvalue weighted by Crippen LogP contribution is -2.21. The predicted octanol–water partition coefficient (Wildman–Crippen LogP) is 4.20. The van der Waals surface area contributed by atoms with Crippen LogP contribution in [-0.4, -0.2) is 23.1 Å². The zero-order valence-electron chi connectivity index (χ0n) is 15.7. The molecule has 1 N–H and O–H groups in total. The number of esters is 1. The molecule has 0 unspecified atom stereocenters. The largest absolute Gasteiger partial charge is 0.452 e. The minimum absolute atomic E-state index is 0.334. The number of hydrogen-bond donors (Lipinski definition) is 1. The van der Waals surface area contributed by atoms with Gasteiger partial charge in [-0.05, 0) is 67.8 Å². The Bertz CT molecular complexity index is 975. The van der Waals surface area contributed by atoms with Gasteiger partial charge in [0.1, 0.15) is 0 Å². The lowest BCUT2D eigenvalue weighted by Gasteiger charge is -2.11. The van der Waals surface area contributed by atoms with Crippen LogP contribution in [0.5, 0.6) is 0 Å². The molecule has 0 fully saturated rings. The van der Waals surface area contributed by atoms with Crippen LogP contribution in [0.2, 0.25) is 0 Å². The Balaban J connectivity index is 1.65. The van der Waals surface area contributed by atoms with Crippen LogP contribution in [-0.2, 0) is 9.53 Å². The third-order valence-electron chi connectivity index (χ3n) is 4.33. The van der Waals surface area contributed by atoms with Gasteiger partial charge in [0.15, 0.2) is 6.61 Å². The molecule has 0 atom stereocenters. The van der Waals surface area contributed by atoms with Gasteiger partial charge in [0.25, 0.3) is 5.91 Å². The van der Waals surface area contributed by atoms with Gasteiger partial charge in [-0.25, -0.2) is 4.79 Å². The van der Waals surface area contributed by atoms with Crippen LogP contribution in [0.15, 0.2) is 60.9 Å². The van der Waals surface area contributed by atoms with Crippen LogP contribution < -0.4 is 5.32 Å². The Morgan fingerprint density at radius 2 is 1.67 bits per heavy atom. The number of carbonyl (C=O) groups excluding carboxylic acids is 2. The summed E-state index contributed by atoms with van der Waals surface area (Å²) in [6, 6.07) is 15.0. The van der Waals surface area contributed by atoms with Gasteiger partial charge < -0.3 is 14.6 Å². The summed E-state index contributed by atoms with van der Waals surface area (Å²) in [5.74, 6) is -0.894. The van der Waals surface area contributed by atoms with Gasteiger partial charge in [0.05, 0.1) is 5.56 Å². The van der Waals surface area contributed by atoms with Crippen LogP contribution in [0.1, 0.15) is 27.0 Å². The lowest BCUT2D eigenvalue weighted by atomic mass is 10.1. The Kier molecular flexibility index (Phi) is 5.41. The van der Waals surface area contributed by atoms with Crippen molar-refractivity contribution in [2.75, 3.05) is 11.9 Å². The number of anilines is 1. The molecule has 0 spiro atoms. The molecule has 1 aromatic heterocycles. The average Bonchev–Trinajstić information content (AvgIpc) is 3.17. The predicted molar refractivity (Wildman–Crippen MR) is 105 cm³/mol. The Morgan fingerprint density at radius 1 is 0.963 bits per heavy atom. The Morgan fingerprint density at radius 3 is 2.41 bits per heavy atom. The van der Waals surface area contributed by atoms with Crippen molar-refractivity contribution in [3.63, 3.8) is 0 Å². The standard InChI is InChI=1S/C22H22N2O3/c1-15-6-7-16(2)19(12-15)23-21(25)14-27-22(26)18-9-8-17(3)20(13-18)24-10-4-5-11-24/h4-13H,14H2,1-3H3,(H,23,25). The maximum absolute atomic E-state index is 12.3. The average molecular weight is 362 g/mol. The number of rotatable bonds is 5. The van der Waals surface area contributed by atoms with Crippen molar-refractivity contribution >= 4 is 17.6 Å². The first-order chi connectivity index (χ1) is 12.9. The van der Waals surface area contributed by atoms with E-state index in [1.54, 1.807) is 12.1 Å². The number of carbonyl (C=O) groups is 2. The molecule has 3 aromatic rings. The highest BCUT2D eigenvalue weighted by Crippen LogP contribution is 2.18. The maximum atomic E-state index is 12.3. The quantitative estimate of drug-likeness (QED) is 0.692. The van der Waals surface area contributed by atoms with E-state index in [4.69, 9.17) is 4.74 Å². The zero-order valence-corrected chi connectivity index (χ0v) is 15.7. The van der Waals surface area contributed by atoms with Crippen LogP contribution in [0.3, 0.4) is 0 Å². The Labute approximate surface area is 158 Å². The number of ether oxygens (including phenoxy) is 1. The summed E-state index contributed by atoms with van der Waals surface area (Å²) in [5.41, 5.74) is 5.06. The maximum Gasteiger partial charge on any atom is 0.338 e. The molecule has 1 heterocycles. The third kappa shape index (κ3) is 4.44. The van der Waals surface area contributed by atoms with Crippen molar-refractivity contribution in [3.05, 3.63) is 83.2 Å². The molecule has 5 nitrogen and oxygen atoms in total. The van der Waals surface area contributed by atoms with Gasteiger partial charge in [-0.1, -0.05) is 18.2 Å². The van der Waals surface area contributed by atoms with E-state index in [2.05, 4.69) is 5.32 Å². The number of nitrogens with one attached hydrogen (secondary N) is 1. The molecular formula is C22H22N2O3. The van der Waals surface area contributed by atoms with Crippen LogP contribution >= 0.6 is 0 Å². The van der Waals surface area contributed by atoms with Crippen molar-refractivity contribution in [2.45, 2.75) is 20.8 Å². The first kappa shape index (κ1) is 18.5. The van der Waals surface area contributed by atoms with Gasteiger partial charge in [0.2, 0.25) is 0 Å². The van der Waals surface area contributed by atoms with Gasteiger partial charge in [-0.2, -0.15) is 0 Å². The van der Waals surface area contributed by atoms with E-state index >= 15 is 0 Å². The summed E-state index contributed by atoms with van der Waals surface area (Å²) >= 11 is 0. The summed E-state index contributed by atoms with van der Waals surface area (Å²) < 4.78 is 7.11. The van der Waals surface area contributed by atoms with Crippen molar-refractivity contribution in [2.24, 2.45) is 0 Å². The highest BCUT2D eigenvalue weighted by atomic mass is 16.5. The second-order valence-corrected chi connectivity index (χ2v) is 6.53. The normalized spacial score (nSPS) is 10.5. The summed E-state index contributed by atoms with van der Waals surface area (Å²) in [5, 5.41) is 2.78. The Hall–Kier alpha value is -3.34. The second kappa shape index (κ2) is 7.91. The van der Waals surface area contributed by atoms with E-state index in [1.807, 2.05) is 74.1 Å². The highest BCUT2D eigenvalue weighted by molar-refractivity contribution is 5.96. The number of aromatic nitrogens is 1. The van der Waals surface area contributed by atoms with Crippen molar-refractivity contribution in [1.29, 1.82) is 0 Å². The van der Waals surface area contributed by atoms with Crippen molar-refractivity contribution in [1.82, 2.24) is 4.57 Å². The van der Waals surface area contributed by atoms with Crippen molar-refractivity contribution in [3.8, 4) is 5.69 Å². The van der Waals surface area contributed by atoms with Crippen LogP contribution in [0, 0.1) is 20.8 Å². The molecule has 0 aliphatic carbocycles. The smallest absolute Gasteiger partial charge is 0.338 e. The number of benzene rings is 2. The SMILES string of the molecule is Cc1ccc(C)c(NC(=O)COC(=O)c2ccc(C)c(-n3cccc3)c2)c1. The summed E-state index contributed by atoms with van der Waals surface area (Å²) in [6.07, 6.45) is 3.82. The molecule has 0 bridgehead atoms. The molecule has 0 radical (unpaired) electrons. The molecule has 0 aliphatic rings. The molecule has 5 heteroatoms. The number of nitrogens with zero attached hydrogens (tertiary/aromatic N) is 1. The summed E-state index contributed by atoms with van der Waals surface area (Å²) in [7, 11) is 0. The fraction of sp³-hybridized carbons (Fsp3) is 0.182. The second-order valence-electron chi connectivity index (χ2n) is 6.53. The van der Waals surface area contributed by atoms with E-state index in [0.717, 1.165) is 28.1 Å². The molecule has 27 heavy (non-hydrogen) atoms. The minimum Gasteiger partial charge on any atom is -0.452 e. The molecule has 2 aromatic carbocycles. The van der Waals surface area contributed by atoms with E-state index in [9.17, 15) is 9.59 Å². The molecule has 1 amide bonds. The first-order valence-corrected chi connectivity index (χ1v) is 8.72. The molecule has 0 saturated carbocycles. The van der Waals surface area contributed by atoms with Gasteiger partial charge in [0, 0.05) is 23.8 Å². The molecule has 138 valence electrons. The van der Waals surface area contributed by atoms with E-state index in [-0.39, 0.29) is 12.5 Å². The van der Waals surface area contributed by atoms with E-state index < -0.39 is 5.97 Å². The van der Waals surface area contributed by atoms with E-state index in [1.165, 1.54) is 0 Å². The zero-order chi connectivity index (χ0) is 19.4. The molecule has 0 aliphatic heterocycles. The van der Waals surface area contributed by atoms with Gasteiger partial charge in [-0.3, -0.25) is 4.79 Å². The van der Waals surface area contributed by atoms with Crippen LogP contribution in [0.25, 0.3) is 5.69 Å². The number of aryl methyl sites for hydroxylation is 3. The van der Waals surface area contributed by atoms with Crippen molar-refractivity contribution < 1.29 is 14.3 Å². The minimum atomic E-state index is -0.528. The molecular weight excluding hydrogens is 340 g/mol. The summed E-state index contributed by atoms with van der Waals surface area (Å²) in [6.45, 7) is 5.51. The van der Waals surface area contributed by atoms with Gasteiger partial charge in [-0.15, -0.1) is 0 Å². The first-order valence-electron chi connectivity index (χ1n) is 8.72. The lowest BCUT2D eigenvalue weighted by molar-refractivity contribution is -0.119. The monoisotopic (exact) mass is 362 g/mol. The number of hydrogen-bond acceptors (Lipinski definition) is 3.